The van der Waals surface area contributed by atoms with E-state index in [0.29, 0.717) is 61.7 Å². The summed E-state index contributed by atoms with van der Waals surface area (Å²) in [6.07, 6.45) is -9.55. The van der Waals surface area contributed by atoms with Crippen LogP contribution in [0.5, 0.6) is 0 Å². The van der Waals surface area contributed by atoms with E-state index in [9.17, 15) is 61.5 Å². The van der Waals surface area contributed by atoms with Crippen LogP contribution in [-0.2, 0) is 12.4 Å². The summed E-state index contributed by atoms with van der Waals surface area (Å²) in [5.74, 6) is -0.529. The molecule has 0 radical (unpaired) electrons. The number of thiophene rings is 1. The molecule has 0 saturated heterocycles. The third-order valence-electron chi connectivity index (χ3n) is 16.4. The van der Waals surface area contributed by atoms with E-state index in [1.165, 1.54) is 108 Å². The van der Waals surface area contributed by atoms with Crippen LogP contribution in [0.3, 0.4) is 0 Å². The summed E-state index contributed by atoms with van der Waals surface area (Å²) in [6.45, 7) is 43.7. The van der Waals surface area contributed by atoms with E-state index in [1.807, 2.05) is 91.8 Å². The average Bonchev–Trinajstić information content (AvgIpc) is 1.52. The molecule has 19 heteroatoms. The highest BCUT2D eigenvalue weighted by molar-refractivity contribution is 7.16. The summed E-state index contributed by atoms with van der Waals surface area (Å²) in [5, 5.41) is 1.89. The van der Waals surface area contributed by atoms with Crippen molar-refractivity contribution < 1.29 is 61.5 Å². The number of hydrogen-bond donors (Lipinski definition) is 0. The Bertz CT molecular complexity index is 3990. The van der Waals surface area contributed by atoms with Crippen LogP contribution in [0.1, 0.15) is 275 Å². The number of halogens is 18. The standard InChI is InChI=1S/C11H10F6.C10H12F2.C10H14.C9H10Cl2.C9H10ClF.2C9H10F2.C9H11F.C9H12.C7H9ClS/c1-6(2)7-3-8(10(12,13)14)5-9(4-7)11(15,16)17;1-6(2)8-4-9(11)7(3)10(12)5-8;1-8(2)10-6-4-9(3)5-7-10;3*1-6(2)7-3-8(10)5-9(11)4-7;1-6(2)7-3-4-8(10)9(11)5-7;1-7(2)8-3-5-9(10)6-4-8;1-8(2)9-6-4-3-5-7-9;1-5(2)6-3-4-7(8)9-6/h3-6H,1-2H3;4-6H,1-3H3;4-8H,1-3H3;4*3-6H,1-2H3;3-7H,1-2H3;3-8H,1-2H3;3-5H,1-2H3. The van der Waals surface area contributed by atoms with Gasteiger partial charge in [0, 0.05) is 31.6 Å². The summed E-state index contributed by atoms with van der Waals surface area (Å²) in [4.78, 5) is 1.36. The zero-order chi connectivity index (χ0) is 85.1. The van der Waals surface area contributed by atoms with Crippen molar-refractivity contribution in [1.82, 2.24) is 0 Å². The molecule has 9 aromatic carbocycles. The minimum Gasteiger partial charge on any atom is -0.207 e. The Kier molecular flexibility index (Phi) is 46.0. The molecular weight excluding hydrogens is 1540 g/mol. The minimum absolute atomic E-state index is 0.0205. The Morgan fingerprint density at radius 3 is 0.892 bits per heavy atom. The normalized spacial score (nSPS) is 11.0. The number of aryl methyl sites for hydroxylation is 1. The molecule has 0 aliphatic rings. The van der Waals surface area contributed by atoms with Crippen molar-refractivity contribution in [3.63, 3.8) is 0 Å². The average molecular weight is 1650 g/mol. The Hall–Kier alpha value is -7.14. The largest absolute Gasteiger partial charge is 0.416 e. The first-order valence-corrected chi connectivity index (χ1v) is 38.9. The number of benzene rings is 9. The highest BCUT2D eigenvalue weighted by Gasteiger charge is 2.37. The molecule has 0 saturated carbocycles. The number of hydrogen-bond acceptors (Lipinski definition) is 1. The van der Waals surface area contributed by atoms with Crippen LogP contribution >= 0.6 is 57.7 Å². The number of alkyl halides is 6. The quantitative estimate of drug-likeness (QED) is 0.120. The van der Waals surface area contributed by atoms with Crippen molar-refractivity contribution in [2.45, 2.75) is 224 Å². The second kappa shape index (κ2) is 50.2. The molecule has 111 heavy (non-hydrogen) atoms. The van der Waals surface area contributed by atoms with Gasteiger partial charge in [-0.2, -0.15) is 26.3 Å². The van der Waals surface area contributed by atoms with Crippen LogP contribution in [0.4, 0.5) is 61.5 Å². The molecular formula is C92H108Cl4F14S. The lowest BCUT2D eigenvalue weighted by molar-refractivity contribution is -0.143. The zero-order valence-electron chi connectivity index (χ0n) is 67.5. The van der Waals surface area contributed by atoms with Crippen molar-refractivity contribution in [1.29, 1.82) is 0 Å². The second-order valence-corrected chi connectivity index (χ2v) is 32.3. The van der Waals surface area contributed by atoms with Crippen LogP contribution in [0, 0.1) is 60.4 Å². The topological polar surface area (TPSA) is 0 Å². The van der Waals surface area contributed by atoms with Gasteiger partial charge in [-0.3, -0.25) is 0 Å². The fourth-order valence-electron chi connectivity index (χ4n) is 9.18. The van der Waals surface area contributed by atoms with Crippen LogP contribution in [0.15, 0.2) is 194 Å². The molecule has 0 bridgehead atoms. The Balaban J connectivity index is 0.000000620. The van der Waals surface area contributed by atoms with Crippen molar-refractivity contribution >= 4 is 57.7 Å². The van der Waals surface area contributed by atoms with Crippen molar-refractivity contribution in [3.05, 3.63) is 337 Å². The van der Waals surface area contributed by atoms with Gasteiger partial charge in [-0.05, 0) is 238 Å². The Labute approximate surface area is 676 Å². The molecule has 10 aromatic rings. The third kappa shape index (κ3) is 41.5. The van der Waals surface area contributed by atoms with E-state index in [1.54, 1.807) is 29.5 Å². The van der Waals surface area contributed by atoms with Gasteiger partial charge in [0.15, 0.2) is 11.6 Å². The predicted octanol–water partition coefficient (Wildman–Crippen LogP) is 34.5. The second-order valence-electron chi connectivity index (χ2n) is 29.3. The van der Waals surface area contributed by atoms with Gasteiger partial charge in [0.05, 0.1) is 15.5 Å². The molecule has 1 aromatic heterocycles. The summed E-state index contributed by atoms with van der Waals surface area (Å²) in [7, 11) is 0. The third-order valence-corrected chi connectivity index (χ3v) is 18.6. The molecule has 10 rings (SSSR count). The van der Waals surface area contributed by atoms with E-state index >= 15 is 0 Å². The summed E-state index contributed by atoms with van der Waals surface area (Å²) >= 11 is 24.7. The van der Waals surface area contributed by atoms with Gasteiger partial charge in [0.2, 0.25) is 0 Å². The Morgan fingerprint density at radius 1 is 0.252 bits per heavy atom. The first kappa shape index (κ1) is 102. The minimum atomic E-state index is -4.77. The van der Waals surface area contributed by atoms with Crippen LogP contribution < -0.4 is 0 Å². The van der Waals surface area contributed by atoms with Gasteiger partial charge in [0.25, 0.3) is 0 Å². The fraction of sp³-hybridized carbons (Fsp3) is 0.370. The van der Waals surface area contributed by atoms with Crippen molar-refractivity contribution in [2.24, 2.45) is 0 Å². The first-order chi connectivity index (χ1) is 51.3. The summed E-state index contributed by atoms with van der Waals surface area (Å²) in [5.41, 5.74) is 7.28. The lowest BCUT2D eigenvalue weighted by Crippen LogP contribution is -2.12. The van der Waals surface area contributed by atoms with Crippen molar-refractivity contribution in [2.75, 3.05) is 0 Å². The molecule has 0 aliphatic heterocycles. The van der Waals surface area contributed by atoms with Gasteiger partial charge in [0.1, 0.15) is 34.9 Å². The van der Waals surface area contributed by atoms with E-state index in [2.05, 4.69) is 131 Å². The monoisotopic (exact) mass is 1650 g/mol. The molecule has 0 N–H and O–H groups in total. The highest BCUT2D eigenvalue weighted by Crippen LogP contribution is 2.38. The molecule has 1 heterocycles. The SMILES string of the molecule is CC(C)c1cc(C(F)(F)F)cc(C(F)(F)F)c1.CC(C)c1cc(Cl)cc(Cl)c1.CC(C)c1cc(F)cc(Cl)c1.CC(C)c1cc(F)cc(F)c1.CC(C)c1ccc(Cl)s1.CC(C)c1ccc(F)c(F)c1.CC(C)c1ccc(F)cc1.CC(C)c1ccccc1.Cc1c(F)cc(C(C)C)cc1F.Cc1ccc(C(C)C)cc1. The van der Waals surface area contributed by atoms with Crippen LogP contribution in [0.25, 0.3) is 0 Å². The number of rotatable bonds is 10. The first-order valence-electron chi connectivity index (χ1n) is 36.5. The predicted molar refractivity (Wildman–Crippen MR) is 442 cm³/mol. The van der Waals surface area contributed by atoms with Gasteiger partial charge >= 0.3 is 12.4 Å². The van der Waals surface area contributed by atoms with Crippen LogP contribution in [-0.4, -0.2) is 0 Å². The van der Waals surface area contributed by atoms with Gasteiger partial charge in [-0.1, -0.05) is 263 Å². The maximum absolute atomic E-state index is 13.0. The van der Waals surface area contributed by atoms with E-state index in [0.717, 1.165) is 39.7 Å². The van der Waals surface area contributed by atoms with Crippen LogP contribution in [0.2, 0.25) is 19.4 Å². The van der Waals surface area contributed by atoms with E-state index in [4.69, 9.17) is 46.4 Å². The van der Waals surface area contributed by atoms with Crippen molar-refractivity contribution in [3.8, 4) is 0 Å². The Morgan fingerprint density at radius 2 is 0.568 bits per heavy atom. The maximum atomic E-state index is 13.0. The van der Waals surface area contributed by atoms with E-state index in [-0.39, 0.29) is 46.6 Å². The molecule has 0 fully saturated rings. The lowest BCUT2D eigenvalue weighted by atomic mass is 9.97. The summed E-state index contributed by atoms with van der Waals surface area (Å²) in [6, 6.07) is 52.1. The zero-order valence-corrected chi connectivity index (χ0v) is 71.3. The summed E-state index contributed by atoms with van der Waals surface area (Å²) < 4.78 is 177. The molecule has 0 spiro atoms. The van der Waals surface area contributed by atoms with Gasteiger partial charge < -0.3 is 0 Å². The molecule has 608 valence electrons. The molecule has 0 nitrogen and oxygen atoms in total. The van der Waals surface area contributed by atoms with E-state index < -0.39 is 64.3 Å². The lowest BCUT2D eigenvalue weighted by Gasteiger charge is -2.15. The molecule has 0 amide bonds. The molecule has 0 atom stereocenters. The molecule has 0 unspecified atom stereocenters. The fourth-order valence-corrected chi connectivity index (χ4v) is 11.0. The smallest absolute Gasteiger partial charge is 0.207 e. The highest BCUT2D eigenvalue weighted by atomic mass is 35.5. The van der Waals surface area contributed by atoms with Gasteiger partial charge in [-0.25, -0.2) is 35.1 Å². The maximum Gasteiger partial charge on any atom is 0.416 e. The molecule has 0 aliphatic carbocycles. The van der Waals surface area contributed by atoms with Gasteiger partial charge in [-0.15, -0.1) is 11.3 Å².